The summed E-state index contributed by atoms with van der Waals surface area (Å²) in [5, 5.41) is 0.298. The van der Waals surface area contributed by atoms with Gasteiger partial charge in [-0.05, 0) is 23.7 Å². The summed E-state index contributed by atoms with van der Waals surface area (Å²) in [4.78, 5) is 17.7. The zero-order chi connectivity index (χ0) is 8.55. The first-order valence-corrected chi connectivity index (χ1v) is 3.79. The third kappa shape index (κ3) is 0.987. The number of hydrogen-bond acceptors (Lipinski definition) is 2. The highest BCUT2D eigenvalue weighted by molar-refractivity contribution is 6.68. The van der Waals surface area contributed by atoms with Crippen molar-refractivity contribution in [2.75, 3.05) is 0 Å². The molecule has 0 saturated heterocycles. The Bertz CT molecular complexity index is 435. The quantitative estimate of drug-likeness (QED) is 0.682. The van der Waals surface area contributed by atoms with Crippen LogP contribution in [0.4, 0.5) is 0 Å². The maximum absolute atomic E-state index is 10.8. The predicted octanol–water partition coefficient (Wildman–Crippen LogP) is 1.94. The van der Waals surface area contributed by atoms with E-state index < -0.39 is 5.24 Å². The number of halogens is 1. The van der Waals surface area contributed by atoms with Crippen molar-refractivity contribution in [1.82, 2.24) is 9.97 Å². The minimum absolute atomic E-state index is 0.464. The van der Waals surface area contributed by atoms with Gasteiger partial charge in [0.1, 0.15) is 5.65 Å². The van der Waals surface area contributed by atoms with Gasteiger partial charge in [0.25, 0.3) is 5.24 Å². The van der Waals surface area contributed by atoms with E-state index in [9.17, 15) is 4.79 Å². The number of pyridine rings is 1. The van der Waals surface area contributed by atoms with Gasteiger partial charge in [0.05, 0.1) is 5.56 Å². The lowest BCUT2D eigenvalue weighted by atomic mass is 10.2. The summed E-state index contributed by atoms with van der Waals surface area (Å²) in [6.07, 6.45) is 3.22. The molecule has 2 aromatic heterocycles. The van der Waals surface area contributed by atoms with Crippen LogP contribution in [0.25, 0.3) is 11.0 Å². The fourth-order valence-corrected chi connectivity index (χ4v) is 1.27. The minimum atomic E-state index is -0.464. The van der Waals surface area contributed by atoms with Gasteiger partial charge >= 0.3 is 0 Å². The van der Waals surface area contributed by atoms with Gasteiger partial charge in [-0.25, -0.2) is 4.98 Å². The van der Waals surface area contributed by atoms with E-state index in [0.717, 1.165) is 5.39 Å². The highest BCUT2D eigenvalue weighted by Crippen LogP contribution is 2.16. The number of hydrogen-bond donors (Lipinski definition) is 1. The third-order valence-electron chi connectivity index (χ3n) is 1.66. The highest BCUT2D eigenvalue weighted by atomic mass is 35.5. The first kappa shape index (κ1) is 7.31. The highest BCUT2D eigenvalue weighted by Gasteiger charge is 2.08. The molecule has 0 aliphatic heterocycles. The van der Waals surface area contributed by atoms with Crippen LogP contribution >= 0.6 is 11.6 Å². The summed E-state index contributed by atoms with van der Waals surface area (Å²) in [5.74, 6) is 0. The predicted molar refractivity (Wildman–Crippen MR) is 46.3 cm³/mol. The van der Waals surface area contributed by atoms with Gasteiger partial charge in [0.2, 0.25) is 0 Å². The molecule has 12 heavy (non-hydrogen) atoms. The van der Waals surface area contributed by atoms with Crippen LogP contribution in [0.15, 0.2) is 24.5 Å². The SMILES string of the molecule is O=C(Cl)c1c[nH]c2ncccc12. The Balaban J connectivity index is 2.79. The second kappa shape index (κ2) is 2.60. The van der Waals surface area contributed by atoms with E-state index in [1.807, 2.05) is 0 Å². The summed E-state index contributed by atoms with van der Waals surface area (Å²) in [7, 11) is 0. The van der Waals surface area contributed by atoms with Crippen molar-refractivity contribution in [1.29, 1.82) is 0 Å². The van der Waals surface area contributed by atoms with Crippen LogP contribution in [-0.4, -0.2) is 15.2 Å². The molecule has 0 aliphatic rings. The molecule has 2 heterocycles. The Morgan fingerprint density at radius 2 is 2.42 bits per heavy atom. The van der Waals surface area contributed by atoms with Crippen molar-refractivity contribution in [3.63, 3.8) is 0 Å². The van der Waals surface area contributed by atoms with E-state index in [1.54, 1.807) is 24.5 Å². The van der Waals surface area contributed by atoms with Crippen LogP contribution in [0.5, 0.6) is 0 Å². The number of carbonyl (C=O) groups excluding carboxylic acids is 1. The van der Waals surface area contributed by atoms with Gasteiger partial charge in [-0.3, -0.25) is 4.79 Å². The second-order valence-corrected chi connectivity index (χ2v) is 2.72. The number of aromatic amines is 1. The van der Waals surface area contributed by atoms with Gasteiger partial charge in [-0.1, -0.05) is 0 Å². The fraction of sp³-hybridized carbons (Fsp3) is 0. The first-order chi connectivity index (χ1) is 5.79. The monoisotopic (exact) mass is 180 g/mol. The van der Waals surface area contributed by atoms with Crippen LogP contribution in [0.3, 0.4) is 0 Å². The van der Waals surface area contributed by atoms with Gasteiger partial charge in [-0.2, -0.15) is 0 Å². The van der Waals surface area contributed by atoms with Crippen molar-refractivity contribution in [2.24, 2.45) is 0 Å². The van der Waals surface area contributed by atoms with E-state index in [2.05, 4.69) is 9.97 Å². The Morgan fingerprint density at radius 1 is 1.58 bits per heavy atom. The number of fused-ring (bicyclic) bond motifs is 1. The maximum atomic E-state index is 10.8. The molecule has 0 aliphatic carbocycles. The van der Waals surface area contributed by atoms with Crippen molar-refractivity contribution >= 4 is 27.9 Å². The van der Waals surface area contributed by atoms with Gasteiger partial charge in [0.15, 0.2) is 0 Å². The first-order valence-electron chi connectivity index (χ1n) is 3.41. The molecular weight excluding hydrogens is 176 g/mol. The number of aromatic nitrogens is 2. The van der Waals surface area contributed by atoms with Crippen molar-refractivity contribution in [3.8, 4) is 0 Å². The third-order valence-corrected chi connectivity index (χ3v) is 1.87. The molecule has 0 bridgehead atoms. The van der Waals surface area contributed by atoms with E-state index in [4.69, 9.17) is 11.6 Å². The molecule has 0 fully saturated rings. The van der Waals surface area contributed by atoms with Crippen molar-refractivity contribution in [3.05, 3.63) is 30.1 Å². The van der Waals surface area contributed by atoms with Crippen molar-refractivity contribution in [2.45, 2.75) is 0 Å². The molecule has 1 N–H and O–H groups in total. The van der Waals surface area contributed by atoms with Crippen LogP contribution in [0, 0.1) is 0 Å². The van der Waals surface area contributed by atoms with Crippen LogP contribution in [0.1, 0.15) is 10.4 Å². The Labute approximate surface area is 73.4 Å². The zero-order valence-electron chi connectivity index (χ0n) is 6.04. The van der Waals surface area contributed by atoms with Crippen molar-refractivity contribution < 1.29 is 4.79 Å². The Kier molecular flexibility index (Phi) is 1.59. The second-order valence-electron chi connectivity index (χ2n) is 2.38. The topological polar surface area (TPSA) is 45.8 Å². The number of carbonyl (C=O) groups is 1. The molecule has 4 heteroatoms. The molecule has 2 rings (SSSR count). The molecule has 3 nitrogen and oxygen atoms in total. The molecule has 2 aromatic rings. The summed E-state index contributed by atoms with van der Waals surface area (Å²) < 4.78 is 0. The lowest BCUT2D eigenvalue weighted by Gasteiger charge is -1.88. The fourth-order valence-electron chi connectivity index (χ4n) is 1.12. The molecule has 0 radical (unpaired) electrons. The smallest absolute Gasteiger partial charge is 0.254 e. The van der Waals surface area contributed by atoms with Gasteiger partial charge < -0.3 is 4.98 Å². The van der Waals surface area contributed by atoms with Crippen LogP contribution < -0.4 is 0 Å². The summed E-state index contributed by atoms with van der Waals surface area (Å²) in [6, 6.07) is 3.56. The van der Waals surface area contributed by atoms with E-state index >= 15 is 0 Å². The summed E-state index contributed by atoms with van der Waals surface area (Å²) >= 11 is 5.34. The molecule has 60 valence electrons. The van der Waals surface area contributed by atoms with Crippen LogP contribution in [-0.2, 0) is 0 Å². The number of nitrogens with one attached hydrogen (secondary N) is 1. The Hall–Kier alpha value is -1.35. The zero-order valence-corrected chi connectivity index (χ0v) is 6.80. The number of nitrogens with zero attached hydrogens (tertiary/aromatic N) is 1. The lowest BCUT2D eigenvalue weighted by molar-refractivity contribution is 0.108. The van der Waals surface area contributed by atoms with Gasteiger partial charge in [-0.15, -0.1) is 0 Å². The molecular formula is C8H5ClN2O. The molecule has 0 unspecified atom stereocenters. The summed E-state index contributed by atoms with van der Waals surface area (Å²) in [6.45, 7) is 0. The normalized spacial score (nSPS) is 10.4. The minimum Gasteiger partial charge on any atom is -0.345 e. The van der Waals surface area contributed by atoms with E-state index in [1.165, 1.54) is 0 Å². The lowest BCUT2D eigenvalue weighted by Crippen LogP contribution is -1.84. The molecule has 0 atom stereocenters. The van der Waals surface area contributed by atoms with Crippen LogP contribution in [0.2, 0.25) is 0 Å². The maximum Gasteiger partial charge on any atom is 0.254 e. The largest absolute Gasteiger partial charge is 0.345 e. The van der Waals surface area contributed by atoms with Gasteiger partial charge in [0, 0.05) is 17.8 Å². The average molecular weight is 181 g/mol. The standard InChI is InChI=1S/C8H5ClN2O/c9-7(12)6-4-11-8-5(6)2-1-3-10-8/h1-4H,(H,10,11). The molecule has 0 saturated carbocycles. The average Bonchev–Trinajstić information content (AvgIpc) is 2.47. The molecule has 0 spiro atoms. The van der Waals surface area contributed by atoms with E-state index in [-0.39, 0.29) is 0 Å². The summed E-state index contributed by atoms with van der Waals surface area (Å²) in [5.41, 5.74) is 1.15. The Morgan fingerprint density at radius 3 is 3.17 bits per heavy atom. The van der Waals surface area contributed by atoms with E-state index in [0.29, 0.717) is 11.2 Å². The molecule has 0 aromatic carbocycles. The number of H-pyrrole nitrogens is 1. The molecule has 0 amide bonds. The number of rotatable bonds is 1.